The first-order valence-electron chi connectivity index (χ1n) is 6.19. The average Bonchev–Trinajstić information content (AvgIpc) is 2.36. The van der Waals surface area contributed by atoms with E-state index in [0.29, 0.717) is 25.6 Å². The Kier molecular flexibility index (Phi) is 4.78. The van der Waals surface area contributed by atoms with Crippen molar-refractivity contribution in [2.75, 3.05) is 13.1 Å². The van der Waals surface area contributed by atoms with Crippen molar-refractivity contribution in [2.24, 2.45) is 5.92 Å². The van der Waals surface area contributed by atoms with Gasteiger partial charge in [-0.05, 0) is 53.5 Å². The standard InChI is InChI=1S/C12H15BrF2N2O2S/c1-7-6-16-3-2-11(7)17-20(18,19)12-5-9(14)8(13)4-10(12)15/h4-5,7,11,16-17H,2-3,6H2,1H3. The smallest absolute Gasteiger partial charge is 0.243 e. The van der Waals surface area contributed by atoms with Crippen LogP contribution in [0.15, 0.2) is 21.5 Å². The molecule has 2 N–H and O–H groups in total. The number of piperidine rings is 1. The van der Waals surface area contributed by atoms with E-state index in [1.807, 2.05) is 6.92 Å². The summed E-state index contributed by atoms with van der Waals surface area (Å²) < 4.78 is 53.9. The minimum Gasteiger partial charge on any atom is -0.316 e. The lowest BCUT2D eigenvalue weighted by molar-refractivity contribution is 0.327. The van der Waals surface area contributed by atoms with Crippen LogP contribution in [0.3, 0.4) is 0 Å². The second kappa shape index (κ2) is 6.05. The van der Waals surface area contributed by atoms with Gasteiger partial charge in [-0.25, -0.2) is 21.9 Å². The van der Waals surface area contributed by atoms with Crippen LogP contribution in [0.2, 0.25) is 0 Å². The summed E-state index contributed by atoms with van der Waals surface area (Å²) in [5, 5.41) is 3.14. The molecule has 0 aliphatic carbocycles. The van der Waals surface area contributed by atoms with Crippen molar-refractivity contribution < 1.29 is 17.2 Å². The fourth-order valence-electron chi connectivity index (χ4n) is 2.16. The van der Waals surface area contributed by atoms with Crippen molar-refractivity contribution in [3.05, 3.63) is 28.2 Å². The Balaban J connectivity index is 2.28. The highest BCUT2D eigenvalue weighted by atomic mass is 79.9. The average molecular weight is 369 g/mol. The van der Waals surface area contributed by atoms with E-state index in [1.54, 1.807) is 0 Å². The summed E-state index contributed by atoms with van der Waals surface area (Å²) in [4.78, 5) is -0.663. The zero-order chi connectivity index (χ0) is 14.9. The Labute approximate surface area is 125 Å². The molecule has 0 aromatic heterocycles. The molecule has 2 rings (SSSR count). The van der Waals surface area contributed by atoms with Crippen LogP contribution in [0.4, 0.5) is 8.78 Å². The monoisotopic (exact) mass is 368 g/mol. The van der Waals surface area contributed by atoms with E-state index in [4.69, 9.17) is 0 Å². The van der Waals surface area contributed by atoms with Crippen LogP contribution in [0.5, 0.6) is 0 Å². The minimum atomic E-state index is -4.08. The molecule has 20 heavy (non-hydrogen) atoms. The Morgan fingerprint density at radius 2 is 2.05 bits per heavy atom. The van der Waals surface area contributed by atoms with Gasteiger partial charge in [-0.2, -0.15) is 0 Å². The Morgan fingerprint density at radius 3 is 2.70 bits per heavy atom. The quantitative estimate of drug-likeness (QED) is 0.802. The van der Waals surface area contributed by atoms with Crippen molar-refractivity contribution >= 4 is 26.0 Å². The summed E-state index contributed by atoms with van der Waals surface area (Å²) in [6, 6.07) is 1.22. The molecule has 1 aliphatic heterocycles. The predicted octanol–water partition coefficient (Wildman–Crippen LogP) is 2.00. The maximum Gasteiger partial charge on any atom is 0.243 e. The molecule has 2 atom stereocenters. The molecule has 1 fully saturated rings. The van der Waals surface area contributed by atoms with E-state index in [9.17, 15) is 17.2 Å². The van der Waals surface area contributed by atoms with E-state index in [0.717, 1.165) is 6.07 Å². The number of sulfonamides is 1. The van der Waals surface area contributed by atoms with Crippen LogP contribution < -0.4 is 10.0 Å². The fourth-order valence-corrected chi connectivity index (χ4v) is 3.93. The van der Waals surface area contributed by atoms with E-state index in [1.165, 1.54) is 0 Å². The highest BCUT2D eigenvalue weighted by Crippen LogP contribution is 2.24. The van der Waals surface area contributed by atoms with Crippen LogP contribution >= 0.6 is 15.9 Å². The van der Waals surface area contributed by atoms with Gasteiger partial charge in [0.15, 0.2) is 0 Å². The molecule has 2 unspecified atom stereocenters. The number of rotatable bonds is 3. The molecule has 0 bridgehead atoms. The third-order valence-corrected chi connectivity index (χ3v) is 5.47. The van der Waals surface area contributed by atoms with Crippen LogP contribution in [0.25, 0.3) is 0 Å². The highest BCUT2D eigenvalue weighted by Gasteiger charge is 2.29. The zero-order valence-corrected chi connectivity index (χ0v) is 13.2. The number of nitrogens with one attached hydrogen (secondary N) is 2. The lowest BCUT2D eigenvalue weighted by Gasteiger charge is -2.30. The number of benzene rings is 1. The van der Waals surface area contributed by atoms with Gasteiger partial charge < -0.3 is 5.32 Å². The number of hydrogen-bond donors (Lipinski definition) is 2. The normalized spacial score (nSPS) is 23.8. The maximum absolute atomic E-state index is 13.7. The molecule has 1 heterocycles. The van der Waals surface area contributed by atoms with Crippen molar-refractivity contribution in [2.45, 2.75) is 24.3 Å². The molecule has 0 saturated carbocycles. The first-order valence-corrected chi connectivity index (χ1v) is 8.46. The molecule has 8 heteroatoms. The maximum atomic E-state index is 13.7. The van der Waals surface area contributed by atoms with Crippen molar-refractivity contribution in [1.82, 2.24) is 10.0 Å². The Bertz CT molecular complexity index is 610. The van der Waals surface area contributed by atoms with Gasteiger partial charge in [0.05, 0.1) is 4.47 Å². The molecule has 0 amide bonds. The van der Waals surface area contributed by atoms with Gasteiger partial charge >= 0.3 is 0 Å². The van der Waals surface area contributed by atoms with E-state index in [2.05, 4.69) is 26.0 Å². The van der Waals surface area contributed by atoms with Crippen molar-refractivity contribution in [3.63, 3.8) is 0 Å². The topological polar surface area (TPSA) is 58.2 Å². The van der Waals surface area contributed by atoms with Crippen LogP contribution in [-0.4, -0.2) is 27.5 Å². The molecule has 1 aromatic carbocycles. The summed E-state index contributed by atoms with van der Waals surface area (Å²) >= 11 is 2.82. The van der Waals surface area contributed by atoms with Crippen LogP contribution in [0, 0.1) is 17.6 Å². The largest absolute Gasteiger partial charge is 0.316 e. The zero-order valence-electron chi connectivity index (χ0n) is 10.8. The molecule has 1 aromatic rings. The molecular weight excluding hydrogens is 354 g/mol. The van der Waals surface area contributed by atoms with E-state index < -0.39 is 26.6 Å². The molecule has 0 spiro atoms. The summed E-state index contributed by atoms with van der Waals surface area (Å²) in [5.74, 6) is -1.71. The lowest BCUT2D eigenvalue weighted by Crippen LogP contribution is -2.48. The van der Waals surface area contributed by atoms with Crippen molar-refractivity contribution in [3.8, 4) is 0 Å². The summed E-state index contributed by atoms with van der Waals surface area (Å²) in [6.45, 7) is 3.27. The molecule has 112 valence electrons. The van der Waals surface area contributed by atoms with Gasteiger partial charge in [0.2, 0.25) is 10.0 Å². The third kappa shape index (κ3) is 3.36. The van der Waals surface area contributed by atoms with Gasteiger partial charge in [0.1, 0.15) is 16.5 Å². The predicted molar refractivity (Wildman–Crippen MR) is 74.8 cm³/mol. The van der Waals surface area contributed by atoms with Gasteiger partial charge in [-0.15, -0.1) is 0 Å². The van der Waals surface area contributed by atoms with E-state index >= 15 is 0 Å². The molecule has 4 nitrogen and oxygen atoms in total. The van der Waals surface area contributed by atoms with Crippen LogP contribution in [-0.2, 0) is 10.0 Å². The summed E-state index contributed by atoms with van der Waals surface area (Å²) in [5.41, 5.74) is 0. The molecule has 1 saturated heterocycles. The second-order valence-electron chi connectivity index (χ2n) is 4.89. The first-order chi connectivity index (χ1) is 9.31. The number of halogens is 3. The summed E-state index contributed by atoms with van der Waals surface area (Å²) in [6.07, 6.45) is 0.612. The Morgan fingerprint density at radius 1 is 1.35 bits per heavy atom. The molecule has 1 aliphatic rings. The lowest BCUT2D eigenvalue weighted by atomic mass is 9.97. The van der Waals surface area contributed by atoms with Crippen LogP contribution in [0.1, 0.15) is 13.3 Å². The Hall–Kier alpha value is -0.570. The van der Waals surface area contributed by atoms with E-state index in [-0.39, 0.29) is 16.4 Å². The van der Waals surface area contributed by atoms with Gasteiger partial charge in [0, 0.05) is 6.04 Å². The summed E-state index contributed by atoms with van der Waals surface area (Å²) in [7, 11) is -4.08. The first kappa shape index (κ1) is 15.8. The van der Waals surface area contributed by atoms with Gasteiger partial charge in [-0.1, -0.05) is 6.92 Å². The number of hydrogen-bond acceptors (Lipinski definition) is 3. The molecular formula is C12H15BrF2N2O2S. The second-order valence-corrected chi connectivity index (χ2v) is 7.43. The molecule has 0 radical (unpaired) electrons. The third-order valence-electron chi connectivity index (χ3n) is 3.36. The highest BCUT2D eigenvalue weighted by molar-refractivity contribution is 9.10. The van der Waals surface area contributed by atoms with Gasteiger partial charge in [0.25, 0.3) is 0 Å². The fraction of sp³-hybridized carbons (Fsp3) is 0.500. The van der Waals surface area contributed by atoms with Gasteiger partial charge in [-0.3, -0.25) is 0 Å². The van der Waals surface area contributed by atoms with Crippen molar-refractivity contribution in [1.29, 1.82) is 0 Å². The minimum absolute atomic E-state index is 0.0851. The SMILES string of the molecule is CC1CNCCC1NS(=O)(=O)c1cc(F)c(Br)cc1F.